The van der Waals surface area contributed by atoms with Crippen LogP contribution in [0.25, 0.3) is 0 Å². The predicted octanol–water partition coefficient (Wildman–Crippen LogP) is 3.38. The number of nitrogens with two attached hydrogens (primary N) is 1. The summed E-state index contributed by atoms with van der Waals surface area (Å²) in [6, 6.07) is 13.5. The maximum absolute atomic E-state index is 12.5. The topological polar surface area (TPSA) is 89.3 Å². The van der Waals surface area contributed by atoms with Crippen molar-refractivity contribution in [1.29, 1.82) is 0 Å². The van der Waals surface area contributed by atoms with E-state index >= 15 is 0 Å². The molecule has 0 aliphatic carbocycles. The van der Waals surface area contributed by atoms with Crippen LogP contribution in [0, 0.1) is 0 Å². The highest BCUT2D eigenvalue weighted by atomic mass is 32.2. The maximum atomic E-state index is 12.5. The SMILES string of the molecule is CCC(=O)c1cccc(S(=O)(=O)NCC(N)c2ccc(C(C)C)cc2)c1. The first kappa shape index (κ1) is 20.3. The second kappa shape index (κ2) is 8.58. The van der Waals surface area contributed by atoms with Gasteiger partial charge >= 0.3 is 0 Å². The van der Waals surface area contributed by atoms with E-state index in [1.54, 1.807) is 19.1 Å². The Balaban J connectivity index is 2.08. The summed E-state index contributed by atoms with van der Waals surface area (Å²) in [5, 5.41) is 0. The molecular formula is C20H26N2O3S. The first-order valence-corrected chi connectivity index (χ1v) is 10.2. The molecule has 0 fully saturated rings. The van der Waals surface area contributed by atoms with Gasteiger partial charge < -0.3 is 5.73 Å². The van der Waals surface area contributed by atoms with E-state index in [0.717, 1.165) is 5.56 Å². The molecule has 1 unspecified atom stereocenters. The standard InChI is InChI=1S/C20H26N2O3S/c1-4-20(23)17-6-5-7-18(12-17)26(24,25)22-13-19(21)16-10-8-15(9-11-16)14(2)3/h5-12,14,19,22H,4,13,21H2,1-3H3. The number of nitrogens with one attached hydrogen (secondary N) is 1. The minimum atomic E-state index is -3.73. The van der Waals surface area contributed by atoms with Gasteiger partial charge in [0.05, 0.1) is 4.90 Å². The number of ketones is 1. The highest BCUT2D eigenvalue weighted by molar-refractivity contribution is 7.89. The second-order valence-corrected chi connectivity index (χ2v) is 8.35. The van der Waals surface area contributed by atoms with Crippen molar-refractivity contribution in [1.82, 2.24) is 4.72 Å². The molecule has 0 saturated carbocycles. The lowest BCUT2D eigenvalue weighted by Crippen LogP contribution is -2.32. The van der Waals surface area contributed by atoms with E-state index < -0.39 is 16.1 Å². The molecule has 0 amide bonds. The highest BCUT2D eigenvalue weighted by Crippen LogP contribution is 2.18. The summed E-state index contributed by atoms with van der Waals surface area (Å²) in [4.78, 5) is 11.9. The van der Waals surface area contributed by atoms with Crippen molar-refractivity contribution < 1.29 is 13.2 Å². The zero-order valence-corrected chi connectivity index (χ0v) is 16.2. The monoisotopic (exact) mass is 374 g/mol. The van der Waals surface area contributed by atoms with Gasteiger partial charge in [-0.25, -0.2) is 13.1 Å². The van der Waals surface area contributed by atoms with Crippen molar-refractivity contribution in [3.63, 3.8) is 0 Å². The Morgan fingerprint density at radius 1 is 1.08 bits per heavy atom. The van der Waals surface area contributed by atoms with Crippen LogP contribution in [0.15, 0.2) is 53.4 Å². The number of sulfonamides is 1. The number of hydrogen-bond acceptors (Lipinski definition) is 4. The van der Waals surface area contributed by atoms with Crippen molar-refractivity contribution in [3.8, 4) is 0 Å². The molecule has 0 aromatic heterocycles. The van der Waals surface area contributed by atoms with Crippen LogP contribution >= 0.6 is 0 Å². The van der Waals surface area contributed by atoms with Crippen molar-refractivity contribution in [2.75, 3.05) is 6.54 Å². The molecule has 5 nitrogen and oxygen atoms in total. The quantitative estimate of drug-likeness (QED) is 0.693. The molecule has 1 atom stereocenters. The van der Waals surface area contributed by atoms with Crippen LogP contribution in [0.1, 0.15) is 60.6 Å². The summed E-state index contributed by atoms with van der Waals surface area (Å²) >= 11 is 0. The number of carbonyl (C=O) groups excluding carboxylic acids is 1. The number of benzene rings is 2. The van der Waals surface area contributed by atoms with Crippen molar-refractivity contribution in [3.05, 3.63) is 65.2 Å². The number of carbonyl (C=O) groups is 1. The Morgan fingerprint density at radius 2 is 1.69 bits per heavy atom. The van der Waals surface area contributed by atoms with Crippen LogP contribution in [0.3, 0.4) is 0 Å². The van der Waals surface area contributed by atoms with Crippen LogP contribution < -0.4 is 10.5 Å². The Bertz CT molecular complexity index is 859. The van der Waals surface area contributed by atoms with Gasteiger partial charge in [0.2, 0.25) is 10.0 Å². The van der Waals surface area contributed by atoms with Gasteiger partial charge in [-0.3, -0.25) is 4.79 Å². The summed E-state index contributed by atoms with van der Waals surface area (Å²) in [6.07, 6.45) is 0.328. The Hall–Kier alpha value is -2.02. The van der Waals surface area contributed by atoms with Crippen molar-refractivity contribution >= 4 is 15.8 Å². The molecule has 0 aliphatic rings. The molecule has 26 heavy (non-hydrogen) atoms. The normalized spacial score (nSPS) is 13.0. The Morgan fingerprint density at radius 3 is 2.27 bits per heavy atom. The van der Waals surface area contributed by atoms with Gasteiger partial charge in [0, 0.05) is 24.6 Å². The van der Waals surface area contributed by atoms with Crippen LogP contribution in [-0.2, 0) is 10.0 Å². The lowest BCUT2D eigenvalue weighted by atomic mass is 9.99. The summed E-state index contributed by atoms with van der Waals surface area (Å²) in [5.41, 5.74) is 8.59. The number of Topliss-reactive ketones (excluding diaryl/α,β-unsaturated/α-hetero) is 1. The van der Waals surface area contributed by atoms with Gasteiger partial charge in [0.1, 0.15) is 0 Å². The first-order valence-electron chi connectivity index (χ1n) is 8.73. The average Bonchev–Trinajstić information content (AvgIpc) is 2.65. The lowest BCUT2D eigenvalue weighted by Gasteiger charge is -2.15. The van der Waals surface area contributed by atoms with Crippen LogP contribution in [0.2, 0.25) is 0 Å². The number of hydrogen-bond donors (Lipinski definition) is 2. The van der Waals surface area contributed by atoms with Crippen molar-refractivity contribution in [2.24, 2.45) is 5.73 Å². The van der Waals surface area contributed by atoms with E-state index in [1.165, 1.54) is 17.7 Å². The highest BCUT2D eigenvalue weighted by Gasteiger charge is 2.17. The van der Waals surface area contributed by atoms with Gasteiger partial charge in [-0.2, -0.15) is 0 Å². The smallest absolute Gasteiger partial charge is 0.240 e. The van der Waals surface area contributed by atoms with E-state index in [1.807, 2.05) is 24.3 Å². The zero-order valence-electron chi connectivity index (χ0n) is 15.4. The summed E-state index contributed by atoms with van der Waals surface area (Å²) in [6.45, 7) is 6.04. The third-order valence-electron chi connectivity index (χ3n) is 4.31. The molecular weight excluding hydrogens is 348 g/mol. The average molecular weight is 375 g/mol. The van der Waals surface area contributed by atoms with Gasteiger partial charge in [-0.05, 0) is 29.2 Å². The van der Waals surface area contributed by atoms with Gasteiger partial charge in [-0.15, -0.1) is 0 Å². The van der Waals surface area contributed by atoms with E-state index in [-0.39, 0.29) is 17.2 Å². The van der Waals surface area contributed by atoms with Gasteiger partial charge in [-0.1, -0.05) is 57.2 Å². The fourth-order valence-electron chi connectivity index (χ4n) is 2.57. The van der Waals surface area contributed by atoms with E-state index in [9.17, 15) is 13.2 Å². The van der Waals surface area contributed by atoms with Crippen LogP contribution in [0.5, 0.6) is 0 Å². The summed E-state index contributed by atoms with van der Waals surface area (Å²) < 4.78 is 27.5. The van der Waals surface area contributed by atoms with Crippen LogP contribution in [-0.4, -0.2) is 20.7 Å². The van der Waals surface area contributed by atoms with E-state index in [2.05, 4.69) is 18.6 Å². The molecule has 0 aliphatic heterocycles. The summed E-state index contributed by atoms with van der Waals surface area (Å²) in [7, 11) is -3.73. The second-order valence-electron chi connectivity index (χ2n) is 6.58. The molecule has 0 radical (unpaired) electrons. The molecule has 0 heterocycles. The number of rotatable bonds is 8. The maximum Gasteiger partial charge on any atom is 0.240 e. The Kier molecular flexibility index (Phi) is 6.69. The molecule has 2 rings (SSSR count). The molecule has 140 valence electrons. The molecule has 3 N–H and O–H groups in total. The Labute approximate surface area is 155 Å². The van der Waals surface area contributed by atoms with Crippen molar-refractivity contribution in [2.45, 2.75) is 44.0 Å². The van der Waals surface area contributed by atoms with Gasteiger partial charge in [0.25, 0.3) is 0 Å². The minimum absolute atomic E-state index is 0.0687. The zero-order chi connectivity index (χ0) is 19.3. The molecule has 2 aromatic rings. The third-order valence-corrected chi connectivity index (χ3v) is 5.73. The van der Waals surface area contributed by atoms with Gasteiger partial charge in [0.15, 0.2) is 5.78 Å². The minimum Gasteiger partial charge on any atom is -0.323 e. The fraction of sp³-hybridized carbons (Fsp3) is 0.350. The van der Waals surface area contributed by atoms with E-state index in [4.69, 9.17) is 5.73 Å². The molecule has 0 saturated heterocycles. The molecule has 0 spiro atoms. The third kappa shape index (κ3) is 5.00. The largest absolute Gasteiger partial charge is 0.323 e. The van der Waals surface area contributed by atoms with E-state index in [0.29, 0.717) is 17.9 Å². The summed E-state index contributed by atoms with van der Waals surface area (Å²) in [5.74, 6) is 0.334. The molecule has 0 bridgehead atoms. The fourth-order valence-corrected chi connectivity index (χ4v) is 3.68. The first-order chi connectivity index (χ1) is 12.2. The molecule has 2 aromatic carbocycles. The van der Waals surface area contributed by atoms with Crippen LogP contribution in [0.4, 0.5) is 0 Å². The lowest BCUT2D eigenvalue weighted by molar-refractivity contribution is 0.0988. The molecule has 6 heteroatoms. The predicted molar refractivity (Wildman–Crippen MR) is 104 cm³/mol.